The van der Waals surface area contributed by atoms with E-state index in [4.69, 9.17) is 20.4 Å². The highest BCUT2D eigenvalue weighted by molar-refractivity contribution is 7.89. The van der Waals surface area contributed by atoms with Crippen LogP contribution in [-0.2, 0) is 26.1 Å². The minimum atomic E-state index is -5.08. The highest BCUT2D eigenvalue weighted by Crippen LogP contribution is 2.38. The van der Waals surface area contributed by atoms with Crippen LogP contribution in [0.2, 0.25) is 0 Å². The third-order valence-electron chi connectivity index (χ3n) is 7.07. The van der Waals surface area contributed by atoms with Gasteiger partial charge >= 0.3 is 12.1 Å². The van der Waals surface area contributed by atoms with E-state index in [-0.39, 0.29) is 11.7 Å². The number of aromatic amines is 1. The van der Waals surface area contributed by atoms with Crippen LogP contribution < -0.4 is 5.73 Å². The summed E-state index contributed by atoms with van der Waals surface area (Å²) in [5.74, 6) is -2.88. The monoisotopic (exact) mass is 632 g/mol. The lowest BCUT2D eigenvalue weighted by atomic mass is 9.88. The first-order chi connectivity index (χ1) is 19.7. The molecule has 42 heavy (non-hydrogen) atoms. The number of hydrogen-bond acceptors (Lipinski definition) is 7. The standard InChI is InChI=1S/C25H34N4O4S2.C2HF3O2/c1-4-35(31,32)29-7-5-17(6-8-29)23-14-27-24-21(23)12-18(13-22(24)25(26)30)19-11-20(34-16-19)15-28(2)9-10-33-3;3-2(4,5)1(6)7/h11-14,16-17,27H,4-10,15H2,1-3H3,(H2,26,30);(H,6,7). The molecule has 1 fully saturated rings. The molecule has 4 N–H and O–H groups in total. The van der Waals surface area contributed by atoms with E-state index < -0.39 is 28.1 Å². The molecule has 0 unspecified atom stereocenters. The highest BCUT2D eigenvalue weighted by atomic mass is 32.2. The van der Waals surface area contributed by atoms with E-state index in [1.165, 1.54) is 4.88 Å². The molecule has 3 aromatic rings. The molecule has 3 heterocycles. The summed E-state index contributed by atoms with van der Waals surface area (Å²) in [4.78, 5) is 27.9. The molecular weight excluding hydrogens is 597 g/mol. The second-order valence-corrected chi connectivity index (χ2v) is 13.2. The predicted molar refractivity (Wildman–Crippen MR) is 155 cm³/mol. The topological polar surface area (TPSA) is 146 Å². The number of halogens is 3. The van der Waals surface area contributed by atoms with Crippen LogP contribution in [0, 0.1) is 0 Å². The van der Waals surface area contributed by atoms with Gasteiger partial charge in [-0.1, -0.05) is 0 Å². The maximum Gasteiger partial charge on any atom is 0.490 e. The number of methoxy groups -OCH3 is 1. The molecule has 10 nitrogen and oxygen atoms in total. The third kappa shape index (κ3) is 8.31. The summed E-state index contributed by atoms with van der Waals surface area (Å²) in [5, 5.41) is 10.2. The summed E-state index contributed by atoms with van der Waals surface area (Å²) in [6.45, 7) is 5.08. The molecule has 1 aliphatic heterocycles. The summed E-state index contributed by atoms with van der Waals surface area (Å²) in [6.07, 6.45) is -1.63. The number of fused-ring (bicyclic) bond motifs is 1. The minimum Gasteiger partial charge on any atom is -0.475 e. The number of primary amides is 1. The molecule has 232 valence electrons. The second-order valence-electron chi connectivity index (χ2n) is 9.96. The molecular formula is C27H35F3N4O6S2. The number of carboxylic acid groups (broad SMARTS) is 1. The summed E-state index contributed by atoms with van der Waals surface area (Å²) in [7, 11) is 0.598. The van der Waals surface area contributed by atoms with Crippen LogP contribution in [-0.4, -0.2) is 91.9 Å². The quantitative estimate of drug-likeness (QED) is 0.303. The van der Waals surface area contributed by atoms with Crippen molar-refractivity contribution in [1.82, 2.24) is 14.2 Å². The molecule has 1 aromatic carbocycles. The van der Waals surface area contributed by atoms with E-state index in [0.717, 1.165) is 53.5 Å². The Morgan fingerprint density at radius 2 is 1.86 bits per heavy atom. The summed E-state index contributed by atoms with van der Waals surface area (Å²) in [5.41, 5.74) is 10.1. The van der Waals surface area contributed by atoms with Crippen molar-refractivity contribution in [3.8, 4) is 11.1 Å². The number of alkyl halides is 3. The molecule has 1 aliphatic rings. The van der Waals surface area contributed by atoms with Crippen LogP contribution in [0.15, 0.2) is 29.8 Å². The van der Waals surface area contributed by atoms with Gasteiger partial charge in [0.05, 0.1) is 23.4 Å². The zero-order chi connectivity index (χ0) is 31.2. The number of nitrogens with two attached hydrogens (primary N) is 1. The molecule has 15 heteroatoms. The normalized spacial score (nSPS) is 15.1. The van der Waals surface area contributed by atoms with Gasteiger partial charge in [0.15, 0.2) is 0 Å². The van der Waals surface area contributed by atoms with Gasteiger partial charge in [-0.05, 0) is 73.0 Å². The molecule has 0 spiro atoms. The number of carboxylic acids is 1. The van der Waals surface area contributed by atoms with Crippen LogP contribution in [0.25, 0.3) is 22.0 Å². The fourth-order valence-corrected chi connectivity index (χ4v) is 6.89. The van der Waals surface area contributed by atoms with Gasteiger partial charge in [-0.25, -0.2) is 17.5 Å². The van der Waals surface area contributed by atoms with E-state index in [9.17, 15) is 26.4 Å². The van der Waals surface area contributed by atoms with Gasteiger partial charge in [0.2, 0.25) is 10.0 Å². The molecule has 0 bridgehead atoms. The fourth-order valence-electron chi connectivity index (χ4n) is 4.79. The zero-order valence-electron chi connectivity index (χ0n) is 23.5. The van der Waals surface area contributed by atoms with Crippen molar-refractivity contribution in [2.75, 3.05) is 46.2 Å². The lowest BCUT2D eigenvalue weighted by Crippen LogP contribution is -2.38. The van der Waals surface area contributed by atoms with E-state index in [0.29, 0.717) is 25.3 Å². The van der Waals surface area contributed by atoms with E-state index in [1.54, 1.807) is 29.7 Å². The number of carbonyl (C=O) groups is 2. The van der Waals surface area contributed by atoms with Gasteiger partial charge in [0.25, 0.3) is 5.91 Å². The van der Waals surface area contributed by atoms with Crippen LogP contribution in [0.4, 0.5) is 13.2 Å². The Kier molecular flexibility index (Phi) is 11.2. The number of sulfonamides is 1. The van der Waals surface area contributed by atoms with Gasteiger partial charge < -0.3 is 20.6 Å². The van der Waals surface area contributed by atoms with Crippen molar-refractivity contribution in [3.63, 3.8) is 0 Å². The molecule has 0 saturated carbocycles. The lowest BCUT2D eigenvalue weighted by molar-refractivity contribution is -0.192. The number of nitrogens with zero attached hydrogens (tertiary/aromatic N) is 2. The van der Waals surface area contributed by atoms with Crippen molar-refractivity contribution in [1.29, 1.82) is 0 Å². The molecule has 2 aromatic heterocycles. The van der Waals surface area contributed by atoms with Crippen LogP contribution >= 0.6 is 11.3 Å². The number of piperidine rings is 1. The predicted octanol–water partition coefficient (Wildman–Crippen LogP) is 4.24. The number of carbonyl (C=O) groups excluding carboxylic acids is 1. The largest absolute Gasteiger partial charge is 0.490 e. The van der Waals surface area contributed by atoms with Crippen molar-refractivity contribution in [3.05, 3.63) is 45.8 Å². The number of aliphatic carboxylic acids is 1. The molecule has 1 amide bonds. The number of ether oxygens (including phenoxy) is 1. The first-order valence-corrected chi connectivity index (χ1v) is 15.6. The summed E-state index contributed by atoms with van der Waals surface area (Å²) < 4.78 is 63.0. The van der Waals surface area contributed by atoms with Crippen LogP contribution in [0.3, 0.4) is 0 Å². The van der Waals surface area contributed by atoms with Crippen LogP contribution in [0.5, 0.6) is 0 Å². The van der Waals surface area contributed by atoms with Gasteiger partial charge in [-0.2, -0.15) is 13.2 Å². The number of nitrogens with one attached hydrogen (secondary N) is 1. The highest BCUT2D eigenvalue weighted by Gasteiger charge is 2.38. The number of aromatic nitrogens is 1. The Bertz CT molecular complexity index is 1500. The number of benzene rings is 1. The molecule has 0 radical (unpaired) electrons. The molecule has 0 atom stereocenters. The van der Waals surface area contributed by atoms with Crippen molar-refractivity contribution >= 4 is 44.1 Å². The molecule has 0 aliphatic carbocycles. The third-order valence-corrected chi connectivity index (χ3v) is 9.87. The second kappa shape index (κ2) is 14.0. The Morgan fingerprint density at radius 1 is 1.21 bits per heavy atom. The van der Waals surface area contributed by atoms with Crippen molar-refractivity contribution < 1.29 is 41.0 Å². The minimum absolute atomic E-state index is 0.126. The number of H-pyrrole nitrogens is 1. The first kappa shape index (κ1) is 33.5. The van der Waals surface area contributed by atoms with E-state index >= 15 is 0 Å². The Balaban J connectivity index is 0.000000616. The lowest BCUT2D eigenvalue weighted by Gasteiger charge is -2.31. The van der Waals surface area contributed by atoms with E-state index in [1.807, 2.05) is 12.3 Å². The smallest absolute Gasteiger partial charge is 0.475 e. The Hall–Kier alpha value is -2.98. The number of rotatable bonds is 10. The van der Waals surface area contributed by atoms with Gasteiger partial charge in [0, 0.05) is 49.7 Å². The van der Waals surface area contributed by atoms with Crippen LogP contribution in [0.1, 0.15) is 46.5 Å². The SMILES string of the molecule is CCS(=O)(=O)N1CCC(c2c[nH]c3c(C(N)=O)cc(-c4csc(CN(C)CCOC)c4)cc23)CC1.O=C(O)C(F)(F)F. The van der Waals surface area contributed by atoms with Gasteiger partial charge in [-0.15, -0.1) is 11.3 Å². The first-order valence-electron chi connectivity index (χ1n) is 13.2. The fraction of sp³-hybridized carbons (Fsp3) is 0.481. The number of hydrogen-bond donors (Lipinski definition) is 3. The molecule has 4 rings (SSSR count). The van der Waals surface area contributed by atoms with Crippen molar-refractivity contribution in [2.24, 2.45) is 5.73 Å². The Morgan fingerprint density at radius 3 is 2.40 bits per heavy atom. The Labute approximate surface area is 246 Å². The molecule has 1 saturated heterocycles. The maximum absolute atomic E-state index is 12.3. The summed E-state index contributed by atoms with van der Waals surface area (Å²) in [6, 6.07) is 6.16. The van der Waals surface area contributed by atoms with Crippen molar-refractivity contribution in [2.45, 2.75) is 38.4 Å². The van der Waals surface area contributed by atoms with Gasteiger partial charge in [0.1, 0.15) is 0 Å². The summed E-state index contributed by atoms with van der Waals surface area (Å²) >= 11 is 1.70. The number of thiophene rings is 1. The van der Waals surface area contributed by atoms with E-state index in [2.05, 4.69) is 34.4 Å². The number of likely N-dealkylation sites (N-methyl/N-ethyl adjacent to an activating group) is 1. The average Bonchev–Trinajstić information content (AvgIpc) is 3.58. The average molecular weight is 633 g/mol. The number of amides is 1. The maximum atomic E-state index is 12.3. The zero-order valence-corrected chi connectivity index (χ0v) is 25.2. The van der Waals surface area contributed by atoms with Gasteiger partial charge in [-0.3, -0.25) is 9.69 Å².